The third-order valence-electron chi connectivity index (χ3n) is 4.07. The van der Waals surface area contributed by atoms with E-state index in [1.54, 1.807) is 6.92 Å². The fourth-order valence-electron chi connectivity index (χ4n) is 2.84. The molecule has 1 amide bonds. The summed E-state index contributed by atoms with van der Waals surface area (Å²) in [4.78, 5) is 11.9. The van der Waals surface area contributed by atoms with Crippen LogP contribution in [0.15, 0.2) is 18.2 Å². The van der Waals surface area contributed by atoms with E-state index in [0.717, 1.165) is 25.7 Å². The van der Waals surface area contributed by atoms with Crippen molar-refractivity contribution in [2.24, 2.45) is 5.73 Å². The van der Waals surface area contributed by atoms with Crippen molar-refractivity contribution in [3.63, 3.8) is 0 Å². The van der Waals surface area contributed by atoms with Crippen molar-refractivity contribution in [3.8, 4) is 11.5 Å². The zero-order chi connectivity index (χ0) is 14.8. The van der Waals surface area contributed by atoms with Crippen LogP contribution < -0.4 is 11.1 Å². The molecular formula is C15H22N2O3. The third kappa shape index (κ3) is 3.04. The molecule has 2 rings (SSSR count). The fraction of sp³-hybridized carbons (Fsp3) is 0.533. The van der Waals surface area contributed by atoms with Gasteiger partial charge in [-0.25, -0.2) is 0 Å². The Morgan fingerprint density at radius 3 is 2.25 bits per heavy atom. The summed E-state index contributed by atoms with van der Waals surface area (Å²) < 4.78 is 0. The predicted octanol–water partition coefficient (Wildman–Crippen LogP) is 1.72. The van der Waals surface area contributed by atoms with Gasteiger partial charge < -0.3 is 15.9 Å². The van der Waals surface area contributed by atoms with Gasteiger partial charge >= 0.3 is 0 Å². The zero-order valence-corrected chi connectivity index (χ0v) is 11.7. The number of hydrogen-bond donors (Lipinski definition) is 4. The van der Waals surface area contributed by atoms with E-state index in [-0.39, 0.29) is 17.5 Å². The van der Waals surface area contributed by atoms with Crippen LogP contribution in [0.25, 0.3) is 0 Å². The van der Waals surface area contributed by atoms with Crippen LogP contribution in [0.5, 0.6) is 11.5 Å². The number of carbonyl (C=O) groups is 1. The van der Waals surface area contributed by atoms with Crippen molar-refractivity contribution in [1.82, 2.24) is 5.32 Å². The second-order valence-corrected chi connectivity index (χ2v) is 5.71. The van der Waals surface area contributed by atoms with E-state index in [1.807, 2.05) is 0 Å². The van der Waals surface area contributed by atoms with Gasteiger partial charge in [-0.15, -0.1) is 0 Å². The van der Waals surface area contributed by atoms with E-state index in [4.69, 9.17) is 5.73 Å². The first-order valence-electron chi connectivity index (χ1n) is 7.03. The SMILES string of the molecule is CC(NC1CCCCC1)(C(N)=O)c1cc(O)cc(O)c1. The van der Waals surface area contributed by atoms with Gasteiger partial charge in [0, 0.05) is 12.1 Å². The summed E-state index contributed by atoms with van der Waals surface area (Å²) in [5, 5.41) is 22.5. The van der Waals surface area contributed by atoms with Crippen molar-refractivity contribution >= 4 is 5.91 Å². The summed E-state index contributed by atoms with van der Waals surface area (Å²) in [6.45, 7) is 1.69. The molecule has 1 saturated carbocycles. The molecule has 0 bridgehead atoms. The van der Waals surface area contributed by atoms with Crippen LogP contribution in [-0.4, -0.2) is 22.2 Å². The first kappa shape index (κ1) is 14.7. The number of nitrogens with one attached hydrogen (secondary N) is 1. The van der Waals surface area contributed by atoms with Gasteiger partial charge in [0.15, 0.2) is 0 Å². The zero-order valence-electron chi connectivity index (χ0n) is 11.7. The summed E-state index contributed by atoms with van der Waals surface area (Å²) in [5.41, 5.74) is 4.94. The number of rotatable bonds is 4. The monoisotopic (exact) mass is 278 g/mol. The lowest BCUT2D eigenvalue weighted by molar-refractivity contribution is -0.124. The first-order chi connectivity index (χ1) is 9.41. The molecule has 1 atom stereocenters. The molecule has 0 spiro atoms. The lowest BCUT2D eigenvalue weighted by Crippen LogP contribution is -2.54. The van der Waals surface area contributed by atoms with Gasteiger partial charge in [-0.2, -0.15) is 0 Å². The molecule has 5 heteroatoms. The summed E-state index contributed by atoms with van der Waals surface area (Å²) in [7, 11) is 0. The van der Waals surface area contributed by atoms with Crippen molar-refractivity contribution in [3.05, 3.63) is 23.8 Å². The van der Waals surface area contributed by atoms with Crippen LogP contribution in [-0.2, 0) is 10.3 Å². The van der Waals surface area contributed by atoms with Gasteiger partial charge in [0.2, 0.25) is 5.91 Å². The number of phenolic OH excluding ortho intramolecular Hbond substituents is 2. The molecule has 1 aliphatic carbocycles. The van der Waals surface area contributed by atoms with E-state index >= 15 is 0 Å². The number of aromatic hydroxyl groups is 2. The Morgan fingerprint density at radius 1 is 1.20 bits per heavy atom. The van der Waals surface area contributed by atoms with Crippen molar-refractivity contribution < 1.29 is 15.0 Å². The van der Waals surface area contributed by atoms with Crippen molar-refractivity contribution in [2.75, 3.05) is 0 Å². The van der Waals surface area contributed by atoms with Crippen molar-refractivity contribution in [1.29, 1.82) is 0 Å². The maximum Gasteiger partial charge on any atom is 0.242 e. The quantitative estimate of drug-likeness (QED) is 0.674. The Bertz CT molecular complexity index is 478. The predicted molar refractivity (Wildman–Crippen MR) is 76.3 cm³/mol. The Hall–Kier alpha value is -1.75. The van der Waals surface area contributed by atoms with Crippen LogP contribution >= 0.6 is 0 Å². The summed E-state index contributed by atoms with van der Waals surface area (Å²) in [6.07, 6.45) is 5.51. The average Bonchev–Trinajstić information content (AvgIpc) is 2.38. The van der Waals surface area contributed by atoms with Gasteiger partial charge in [0.1, 0.15) is 17.0 Å². The fourth-order valence-corrected chi connectivity index (χ4v) is 2.84. The van der Waals surface area contributed by atoms with E-state index < -0.39 is 11.4 Å². The Labute approximate surface area is 118 Å². The van der Waals surface area contributed by atoms with Crippen LogP contribution in [0.4, 0.5) is 0 Å². The maximum atomic E-state index is 11.9. The maximum absolute atomic E-state index is 11.9. The smallest absolute Gasteiger partial charge is 0.242 e. The molecule has 1 aromatic rings. The number of carbonyl (C=O) groups excluding carboxylic acids is 1. The third-order valence-corrected chi connectivity index (χ3v) is 4.07. The number of phenols is 2. The molecular weight excluding hydrogens is 256 g/mol. The number of benzene rings is 1. The van der Waals surface area contributed by atoms with Gasteiger partial charge in [0.05, 0.1) is 0 Å². The topological polar surface area (TPSA) is 95.6 Å². The molecule has 110 valence electrons. The largest absolute Gasteiger partial charge is 0.508 e. The second-order valence-electron chi connectivity index (χ2n) is 5.71. The van der Waals surface area contributed by atoms with Gasteiger partial charge in [0.25, 0.3) is 0 Å². The van der Waals surface area contributed by atoms with Gasteiger partial charge in [-0.05, 0) is 37.5 Å². The van der Waals surface area contributed by atoms with E-state index in [0.29, 0.717) is 5.56 Å². The highest BCUT2D eigenvalue weighted by molar-refractivity contribution is 5.86. The molecule has 20 heavy (non-hydrogen) atoms. The molecule has 5 nitrogen and oxygen atoms in total. The summed E-state index contributed by atoms with van der Waals surface area (Å²) >= 11 is 0. The number of amides is 1. The standard InChI is InChI=1S/C15H22N2O3/c1-15(14(16)20,17-11-5-3-2-4-6-11)10-7-12(18)9-13(19)8-10/h7-9,11,17-19H,2-6H2,1H3,(H2,16,20). The van der Waals surface area contributed by atoms with Crippen LogP contribution in [0.2, 0.25) is 0 Å². The molecule has 0 radical (unpaired) electrons. The van der Waals surface area contributed by atoms with Gasteiger partial charge in [-0.1, -0.05) is 19.3 Å². The highest BCUT2D eigenvalue weighted by Crippen LogP contribution is 2.30. The van der Waals surface area contributed by atoms with E-state index in [9.17, 15) is 15.0 Å². The molecule has 5 N–H and O–H groups in total. The minimum absolute atomic E-state index is 0.0853. The number of hydrogen-bond acceptors (Lipinski definition) is 4. The molecule has 0 aliphatic heterocycles. The second kappa shape index (κ2) is 5.71. The minimum Gasteiger partial charge on any atom is -0.508 e. The lowest BCUT2D eigenvalue weighted by atomic mass is 9.87. The molecule has 1 aliphatic rings. The number of nitrogens with two attached hydrogens (primary N) is 1. The van der Waals surface area contributed by atoms with Crippen molar-refractivity contribution in [2.45, 2.75) is 50.6 Å². The summed E-state index contributed by atoms with van der Waals surface area (Å²) in [5.74, 6) is -0.691. The number of primary amides is 1. The van der Waals surface area contributed by atoms with Gasteiger partial charge in [-0.3, -0.25) is 10.1 Å². The molecule has 0 aromatic heterocycles. The Kier molecular flexibility index (Phi) is 4.18. The Morgan fingerprint density at radius 2 is 1.75 bits per heavy atom. The minimum atomic E-state index is -1.10. The Balaban J connectivity index is 2.30. The normalized spacial score (nSPS) is 19.4. The van der Waals surface area contributed by atoms with E-state index in [1.165, 1.54) is 24.6 Å². The van der Waals surface area contributed by atoms with Crippen LogP contribution in [0.3, 0.4) is 0 Å². The highest BCUT2D eigenvalue weighted by atomic mass is 16.3. The highest BCUT2D eigenvalue weighted by Gasteiger charge is 2.36. The van der Waals surface area contributed by atoms with Crippen LogP contribution in [0.1, 0.15) is 44.6 Å². The van der Waals surface area contributed by atoms with E-state index in [2.05, 4.69) is 5.32 Å². The molecule has 0 heterocycles. The first-order valence-corrected chi connectivity index (χ1v) is 7.03. The van der Waals surface area contributed by atoms with Crippen LogP contribution in [0, 0.1) is 0 Å². The molecule has 1 unspecified atom stereocenters. The lowest BCUT2D eigenvalue weighted by Gasteiger charge is -2.35. The molecule has 1 aromatic carbocycles. The average molecular weight is 278 g/mol. The molecule has 0 saturated heterocycles. The summed E-state index contributed by atoms with van der Waals surface area (Å²) in [6, 6.07) is 4.37. The molecule has 1 fully saturated rings.